The smallest absolute Gasteiger partial charge is 0.224 e. The third-order valence-electron chi connectivity index (χ3n) is 2.94. The number of amides is 1. The Labute approximate surface area is 119 Å². The number of rotatable bonds is 6. The van der Waals surface area contributed by atoms with Crippen LogP contribution in [0.1, 0.15) is 18.9 Å². The number of nitrogens with one attached hydrogen (secondary N) is 1. The highest BCUT2D eigenvalue weighted by atomic mass is 16.5. The molecule has 3 heteroatoms. The zero-order chi connectivity index (χ0) is 14.2. The van der Waals surface area contributed by atoms with E-state index >= 15 is 0 Å². The van der Waals surface area contributed by atoms with Gasteiger partial charge in [0.2, 0.25) is 5.91 Å². The summed E-state index contributed by atoms with van der Waals surface area (Å²) in [5.74, 6) is 0.779. The average molecular weight is 269 g/mol. The van der Waals surface area contributed by atoms with Crippen LogP contribution in [0.4, 0.5) is 5.69 Å². The van der Waals surface area contributed by atoms with Gasteiger partial charge in [-0.25, -0.2) is 0 Å². The van der Waals surface area contributed by atoms with Crippen molar-refractivity contribution in [2.75, 3.05) is 11.9 Å². The average Bonchev–Trinajstić information content (AvgIpc) is 2.48. The van der Waals surface area contributed by atoms with E-state index in [1.807, 2.05) is 49.4 Å². The Morgan fingerprint density at radius 3 is 2.65 bits per heavy atom. The molecule has 1 N–H and O–H groups in total. The van der Waals surface area contributed by atoms with E-state index in [0.29, 0.717) is 13.0 Å². The van der Waals surface area contributed by atoms with Gasteiger partial charge in [0, 0.05) is 24.6 Å². The molecule has 2 rings (SSSR count). The molecular formula is C17H19NO2. The van der Waals surface area contributed by atoms with Gasteiger partial charge in [-0.2, -0.15) is 0 Å². The summed E-state index contributed by atoms with van der Waals surface area (Å²) in [6, 6.07) is 17.7. The third-order valence-corrected chi connectivity index (χ3v) is 2.94. The third kappa shape index (κ3) is 4.43. The lowest BCUT2D eigenvalue weighted by Crippen LogP contribution is -2.09. The van der Waals surface area contributed by atoms with Gasteiger partial charge < -0.3 is 10.1 Å². The Bertz CT molecular complexity index is 552. The Hall–Kier alpha value is -2.29. The molecule has 0 atom stereocenters. The van der Waals surface area contributed by atoms with Gasteiger partial charge in [-0.05, 0) is 17.7 Å². The first kappa shape index (κ1) is 14.1. The summed E-state index contributed by atoms with van der Waals surface area (Å²) >= 11 is 0. The van der Waals surface area contributed by atoms with Crippen LogP contribution in [-0.2, 0) is 11.2 Å². The van der Waals surface area contributed by atoms with Crippen molar-refractivity contribution < 1.29 is 9.53 Å². The van der Waals surface area contributed by atoms with Crippen molar-refractivity contribution in [1.82, 2.24) is 0 Å². The van der Waals surface area contributed by atoms with Crippen LogP contribution < -0.4 is 10.1 Å². The molecule has 104 valence electrons. The molecule has 20 heavy (non-hydrogen) atoms. The number of carbonyl (C=O) groups excluding carboxylic acids is 1. The van der Waals surface area contributed by atoms with E-state index in [1.54, 1.807) is 0 Å². The molecule has 0 aliphatic heterocycles. The molecule has 3 nitrogen and oxygen atoms in total. The lowest BCUT2D eigenvalue weighted by atomic mass is 10.2. The monoisotopic (exact) mass is 269 g/mol. The first-order chi connectivity index (χ1) is 9.78. The van der Waals surface area contributed by atoms with Gasteiger partial charge in [0.1, 0.15) is 5.75 Å². The second kappa shape index (κ2) is 7.34. The summed E-state index contributed by atoms with van der Waals surface area (Å²) in [4.78, 5) is 11.3. The van der Waals surface area contributed by atoms with Gasteiger partial charge in [-0.3, -0.25) is 4.79 Å². The molecule has 2 aromatic carbocycles. The van der Waals surface area contributed by atoms with Crippen molar-refractivity contribution in [3.05, 3.63) is 60.2 Å². The predicted octanol–water partition coefficient (Wildman–Crippen LogP) is 3.66. The first-order valence-corrected chi connectivity index (χ1v) is 6.84. The largest absolute Gasteiger partial charge is 0.493 e. The van der Waals surface area contributed by atoms with E-state index in [9.17, 15) is 4.79 Å². The van der Waals surface area contributed by atoms with Gasteiger partial charge in [0.25, 0.3) is 0 Å². The quantitative estimate of drug-likeness (QED) is 0.869. The second-order valence-electron chi connectivity index (χ2n) is 4.51. The topological polar surface area (TPSA) is 38.3 Å². The van der Waals surface area contributed by atoms with Crippen molar-refractivity contribution in [2.24, 2.45) is 0 Å². The minimum atomic E-state index is 0.00596. The summed E-state index contributed by atoms with van der Waals surface area (Å²) in [5, 5.41) is 2.82. The van der Waals surface area contributed by atoms with Gasteiger partial charge >= 0.3 is 0 Å². The summed E-state index contributed by atoms with van der Waals surface area (Å²) in [5.41, 5.74) is 2.03. The maximum absolute atomic E-state index is 11.3. The number of carbonyl (C=O) groups is 1. The lowest BCUT2D eigenvalue weighted by molar-refractivity contribution is -0.115. The lowest BCUT2D eigenvalue weighted by Gasteiger charge is -2.09. The van der Waals surface area contributed by atoms with E-state index in [1.165, 1.54) is 5.56 Å². The summed E-state index contributed by atoms with van der Waals surface area (Å²) in [6.07, 6.45) is 1.34. The molecule has 0 aliphatic carbocycles. The van der Waals surface area contributed by atoms with Crippen LogP contribution in [0.25, 0.3) is 0 Å². The van der Waals surface area contributed by atoms with Crippen molar-refractivity contribution in [3.63, 3.8) is 0 Å². The van der Waals surface area contributed by atoms with Crippen LogP contribution in [0.3, 0.4) is 0 Å². The molecule has 2 aromatic rings. The van der Waals surface area contributed by atoms with Gasteiger partial charge in [0.05, 0.1) is 6.61 Å². The highest BCUT2D eigenvalue weighted by Gasteiger charge is 2.01. The fourth-order valence-electron chi connectivity index (χ4n) is 1.84. The summed E-state index contributed by atoms with van der Waals surface area (Å²) < 4.78 is 5.71. The van der Waals surface area contributed by atoms with E-state index < -0.39 is 0 Å². The minimum Gasteiger partial charge on any atom is -0.493 e. The molecule has 0 saturated heterocycles. The van der Waals surface area contributed by atoms with E-state index in [0.717, 1.165) is 17.9 Å². The number of hydrogen-bond donors (Lipinski definition) is 1. The fourth-order valence-corrected chi connectivity index (χ4v) is 1.84. The minimum absolute atomic E-state index is 0.00596. The Kier molecular flexibility index (Phi) is 5.18. The fraction of sp³-hybridized carbons (Fsp3) is 0.235. The second-order valence-corrected chi connectivity index (χ2v) is 4.51. The van der Waals surface area contributed by atoms with E-state index in [4.69, 9.17) is 4.74 Å². The Morgan fingerprint density at radius 1 is 1.10 bits per heavy atom. The molecular weight excluding hydrogens is 250 g/mol. The number of anilines is 1. The molecule has 0 radical (unpaired) electrons. The van der Waals surface area contributed by atoms with Gasteiger partial charge in [0.15, 0.2) is 0 Å². The maximum Gasteiger partial charge on any atom is 0.224 e. The molecule has 0 saturated carbocycles. The van der Waals surface area contributed by atoms with Crippen molar-refractivity contribution in [1.29, 1.82) is 0 Å². The highest BCUT2D eigenvalue weighted by molar-refractivity contribution is 5.90. The maximum atomic E-state index is 11.3. The van der Waals surface area contributed by atoms with Crippen LogP contribution in [0, 0.1) is 0 Å². The Morgan fingerprint density at radius 2 is 1.90 bits per heavy atom. The number of benzene rings is 2. The Balaban J connectivity index is 1.86. The van der Waals surface area contributed by atoms with Crippen LogP contribution in [0.15, 0.2) is 54.6 Å². The standard InChI is InChI=1S/C17H19NO2/c1-2-17(19)18-15-9-6-10-16(13-15)20-12-11-14-7-4-3-5-8-14/h3-10,13H,2,11-12H2,1H3,(H,18,19). The van der Waals surface area contributed by atoms with E-state index in [-0.39, 0.29) is 5.91 Å². The summed E-state index contributed by atoms with van der Waals surface area (Å²) in [6.45, 7) is 2.45. The van der Waals surface area contributed by atoms with Gasteiger partial charge in [-0.1, -0.05) is 43.3 Å². The van der Waals surface area contributed by atoms with Crippen molar-refractivity contribution in [3.8, 4) is 5.75 Å². The van der Waals surface area contributed by atoms with Crippen molar-refractivity contribution in [2.45, 2.75) is 19.8 Å². The molecule has 1 amide bonds. The molecule has 0 heterocycles. The summed E-state index contributed by atoms with van der Waals surface area (Å²) in [7, 11) is 0. The van der Waals surface area contributed by atoms with Crippen molar-refractivity contribution >= 4 is 11.6 Å². The molecule has 0 aromatic heterocycles. The predicted molar refractivity (Wildman–Crippen MR) is 81.0 cm³/mol. The molecule has 0 aliphatic rings. The van der Waals surface area contributed by atoms with Gasteiger partial charge in [-0.15, -0.1) is 0 Å². The number of hydrogen-bond acceptors (Lipinski definition) is 2. The first-order valence-electron chi connectivity index (χ1n) is 6.84. The SMILES string of the molecule is CCC(=O)Nc1cccc(OCCc2ccccc2)c1. The van der Waals surface area contributed by atoms with Crippen LogP contribution in [-0.4, -0.2) is 12.5 Å². The highest BCUT2D eigenvalue weighted by Crippen LogP contribution is 2.17. The molecule has 0 fully saturated rings. The molecule has 0 bridgehead atoms. The number of ether oxygens (including phenoxy) is 1. The molecule has 0 spiro atoms. The van der Waals surface area contributed by atoms with E-state index in [2.05, 4.69) is 17.4 Å². The van der Waals surface area contributed by atoms with Crippen LogP contribution in [0.2, 0.25) is 0 Å². The van der Waals surface area contributed by atoms with Crippen LogP contribution >= 0.6 is 0 Å². The molecule has 0 unspecified atom stereocenters. The zero-order valence-corrected chi connectivity index (χ0v) is 11.6. The zero-order valence-electron chi connectivity index (χ0n) is 11.6. The van der Waals surface area contributed by atoms with Crippen LogP contribution in [0.5, 0.6) is 5.75 Å². The normalized spacial score (nSPS) is 10.1.